The number of benzene rings is 1. The maximum Gasteiger partial charge on any atom is 0.152 e. The molecule has 0 aliphatic heterocycles. The van der Waals surface area contributed by atoms with E-state index in [0.717, 1.165) is 5.56 Å². The summed E-state index contributed by atoms with van der Waals surface area (Å²) in [5.74, 6) is 0.299. The minimum absolute atomic E-state index is 0.280. The van der Waals surface area contributed by atoms with Gasteiger partial charge >= 0.3 is 0 Å². The standard InChI is InChI=1S/C13H19F2NO2S/c1-18-13(12(16)9-15)10-3-5-11(6-4-10)19(17)8-2-7-14/h3-6,12-13H,2,7-9,16H2,1H3/t12-,13-,19?/m1/s1. The molecule has 0 spiro atoms. The Kier molecular flexibility index (Phi) is 7.30. The van der Waals surface area contributed by atoms with E-state index in [2.05, 4.69) is 0 Å². The molecule has 0 aliphatic carbocycles. The van der Waals surface area contributed by atoms with E-state index in [-0.39, 0.29) is 6.42 Å². The molecule has 2 N–H and O–H groups in total. The fourth-order valence-electron chi connectivity index (χ4n) is 1.75. The van der Waals surface area contributed by atoms with Crippen LogP contribution in [0, 0.1) is 0 Å². The average Bonchev–Trinajstić information content (AvgIpc) is 2.46. The lowest BCUT2D eigenvalue weighted by Gasteiger charge is -2.20. The number of ether oxygens (including phenoxy) is 1. The molecule has 0 radical (unpaired) electrons. The first-order valence-electron chi connectivity index (χ1n) is 6.02. The number of rotatable bonds is 8. The highest BCUT2D eigenvalue weighted by atomic mass is 32.2. The third kappa shape index (κ3) is 4.72. The van der Waals surface area contributed by atoms with Gasteiger partial charge in [-0.15, -0.1) is 0 Å². The number of halogens is 2. The second-order valence-corrected chi connectivity index (χ2v) is 5.71. The number of nitrogens with two attached hydrogens (primary N) is 1. The van der Waals surface area contributed by atoms with Crippen LogP contribution in [0.15, 0.2) is 29.2 Å². The maximum atomic E-state index is 12.6. The van der Waals surface area contributed by atoms with E-state index < -0.39 is 36.7 Å². The molecular formula is C13H19F2NO2S. The topological polar surface area (TPSA) is 58.3 Å². The highest BCUT2D eigenvalue weighted by Gasteiger charge is 2.20. The maximum absolute atomic E-state index is 12.6. The van der Waals surface area contributed by atoms with Gasteiger partial charge in [-0.3, -0.25) is 4.39 Å². The van der Waals surface area contributed by atoms with Gasteiger partial charge in [0.25, 0.3) is 0 Å². The summed E-state index contributed by atoms with van der Waals surface area (Å²) in [4.78, 5) is 0.626. The minimum atomic E-state index is -1.21. The van der Waals surface area contributed by atoms with Crippen molar-refractivity contribution < 1.29 is 18.1 Å². The van der Waals surface area contributed by atoms with Crippen LogP contribution in [0.1, 0.15) is 18.1 Å². The summed E-state index contributed by atoms with van der Waals surface area (Å²) in [5, 5.41) is 0. The van der Waals surface area contributed by atoms with Crippen LogP contribution in [0.5, 0.6) is 0 Å². The molecule has 19 heavy (non-hydrogen) atoms. The van der Waals surface area contributed by atoms with Gasteiger partial charge in [0.05, 0.1) is 18.8 Å². The number of alkyl halides is 2. The molecular weight excluding hydrogens is 272 g/mol. The molecule has 1 aromatic rings. The summed E-state index contributed by atoms with van der Waals surface area (Å²) in [6.07, 6.45) is -0.250. The summed E-state index contributed by atoms with van der Waals surface area (Å²) in [7, 11) is 1.47. The lowest BCUT2D eigenvalue weighted by Crippen LogP contribution is -2.31. The van der Waals surface area contributed by atoms with Crippen molar-refractivity contribution in [3.8, 4) is 0 Å². The van der Waals surface area contributed by atoms with Crippen LogP contribution >= 0.6 is 0 Å². The van der Waals surface area contributed by atoms with Gasteiger partial charge in [0.1, 0.15) is 12.4 Å². The van der Waals surface area contributed by atoms with E-state index >= 15 is 0 Å². The van der Waals surface area contributed by atoms with Crippen molar-refractivity contribution in [3.63, 3.8) is 0 Å². The lowest BCUT2D eigenvalue weighted by molar-refractivity contribution is 0.0720. The predicted octanol–water partition coefficient (Wildman–Crippen LogP) is 2.14. The van der Waals surface area contributed by atoms with E-state index in [1.165, 1.54) is 7.11 Å². The van der Waals surface area contributed by atoms with Gasteiger partial charge in [0, 0.05) is 13.5 Å². The molecule has 108 valence electrons. The molecule has 1 unspecified atom stereocenters. The first kappa shape index (κ1) is 16.4. The third-order valence-corrected chi connectivity index (χ3v) is 4.21. The summed E-state index contributed by atoms with van der Waals surface area (Å²) < 4.78 is 41.5. The number of hydrogen-bond donors (Lipinski definition) is 1. The van der Waals surface area contributed by atoms with Crippen molar-refractivity contribution in [1.82, 2.24) is 0 Å². The van der Waals surface area contributed by atoms with Crippen molar-refractivity contribution in [2.24, 2.45) is 5.73 Å². The highest BCUT2D eigenvalue weighted by Crippen LogP contribution is 2.22. The lowest BCUT2D eigenvalue weighted by atomic mass is 10.0. The number of methoxy groups -OCH3 is 1. The highest BCUT2D eigenvalue weighted by molar-refractivity contribution is 7.91. The van der Waals surface area contributed by atoms with Crippen LogP contribution in [0.2, 0.25) is 0 Å². The molecule has 0 amide bonds. The first-order valence-corrected chi connectivity index (χ1v) is 7.34. The van der Waals surface area contributed by atoms with Crippen LogP contribution < -0.4 is 5.73 Å². The van der Waals surface area contributed by atoms with Crippen LogP contribution in [-0.2, 0) is 15.9 Å². The zero-order valence-electron chi connectivity index (χ0n) is 10.9. The second-order valence-electron chi connectivity index (χ2n) is 4.14. The van der Waals surface area contributed by atoms with Gasteiger partial charge in [-0.05, 0) is 28.9 Å². The van der Waals surface area contributed by atoms with Crippen LogP contribution in [0.3, 0.4) is 0 Å². The first-order chi connectivity index (χ1) is 9.13. The number of hydrogen-bond acceptors (Lipinski definition) is 3. The van der Waals surface area contributed by atoms with Gasteiger partial charge in [0.15, 0.2) is 4.90 Å². The normalized spacial score (nSPS) is 16.1. The van der Waals surface area contributed by atoms with Crippen molar-refractivity contribution in [2.45, 2.75) is 23.5 Å². The van der Waals surface area contributed by atoms with Crippen molar-refractivity contribution in [3.05, 3.63) is 29.8 Å². The van der Waals surface area contributed by atoms with Gasteiger partial charge < -0.3 is 15.0 Å². The summed E-state index contributed by atoms with van der Waals surface area (Å²) in [5.41, 5.74) is 6.36. The zero-order chi connectivity index (χ0) is 14.3. The third-order valence-electron chi connectivity index (χ3n) is 2.76. The second kappa shape index (κ2) is 8.47. The molecule has 3 nitrogen and oxygen atoms in total. The van der Waals surface area contributed by atoms with E-state index in [9.17, 15) is 13.3 Å². The summed E-state index contributed by atoms with van der Waals surface area (Å²) in [6, 6.07) is 6.06. The fourth-order valence-corrected chi connectivity index (χ4v) is 2.80. The Hall–Kier alpha value is -0.690. The monoisotopic (exact) mass is 291 g/mol. The Bertz CT molecular complexity index is 364. The molecule has 3 atom stereocenters. The molecule has 1 rings (SSSR count). The van der Waals surface area contributed by atoms with Gasteiger partial charge in [0.2, 0.25) is 0 Å². The SMILES string of the molecule is CO[C@H](c1ccc([S+]([O-])CCCF)cc1)[C@H](N)CF. The van der Waals surface area contributed by atoms with Crippen LogP contribution in [-0.4, -0.2) is 36.8 Å². The van der Waals surface area contributed by atoms with Gasteiger partial charge in [-0.1, -0.05) is 12.1 Å². The summed E-state index contributed by atoms with van der Waals surface area (Å²) >= 11 is -1.21. The van der Waals surface area contributed by atoms with Crippen LogP contribution in [0.25, 0.3) is 0 Å². The molecule has 6 heteroatoms. The Morgan fingerprint density at radius 3 is 2.42 bits per heavy atom. The van der Waals surface area contributed by atoms with Crippen molar-refractivity contribution in [2.75, 3.05) is 26.2 Å². The van der Waals surface area contributed by atoms with Crippen molar-refractivity contribution >= 4 is 11.2 Å². The van der Waals surface area contributed by atoms with E-state index in [4.69, 9.17) is 10.5 Å². The molecule has 1 aromatic carbocycles. The van der Waals surface area contributed by atoms with E-state index in [0.29, 0.717) is 10.6 Å². The Labute approximate surface area is 115 Å². The Morgan fingerprint density at radius 1 is 1.32 bits per heavy atom. The predicted molar refractivity (Wildman–Crippen MR) is 72.0 cm³/mol. The van der Waals surface area contributed by atoms with Gasteiger partial charge in [-0.2, -0.15) is 0 Å². The Balaban J connectivity index is 2.74. The summed E-state index contributed by atoms with van der Waals surface area (Å²) in [6.45, 7) is -1.15. The zero-order valence-corrected chi connectivity index (χ0v) is 11.7. The quantitative estimate of drug-likeness (QED) is 0.747. The molecule has 0 aliphatic rings. The largest absolute Gasteiger partial charge is 0.611 e. The minimum Gasteiger partial charge on any atom is -0.611 e. The van der Waals surface area contributed by atoms with E-state index in [1.807, 2.05) is 0 Å². The molecule has 0 saturated heterocycles. The molecule has 0 heterocycles. The van der Waals surface area contributed by atoms with E-state index in [1.54, 1.807) is 24.3 Å². The molecule has 0 aromatic heterocycles. The fraction of sp³-hybridized carbons (Fsp3) is 0.538. The average molecular weight is 291 g/mol. The Morgan fingerprint density at radius 2 is 1.95 bits per heavy atom. The van der Waals surface area contributed by atoms with Crippen LogP contribution in [0.4, 0.5) is 8.78 Å². The molecule has 0 fully saturated rings. The van der Waals surface area contributed by atoms with Gasteiger partial charge in [-0.25, -0.2) is 4.39 Å². The molecule has 0 bridgehead atoms. The smallest absolute Gasteiger partial charge is 0.152 e. The van der Waals surface area contributed by atoms with Crippen molar-refractivity contribution in [1.29, 1.82) is 0 Å². The molecule has 0 saturated carbocycles.